The normalized spacial score (nSPS) is 17.8. The number of nitrogens with one attached hydrogen (secondary N) is 1. The zero-order valence-corrected chi connectivity index (χ0v) is 16.0. The maximum Gasteiger partial charge on any atom is 0.173 e. The Kier molecular flexibility index (Phi) is 6.57. The minimum Gasteiger partial charge on any atom is -0.363 e. The van der Waals surface area contributed by atoms with Crippen molar-refractivity contribution in [3.63, 3.8) is 0 Å². The lowest BCUT2D eigenvalue weighted by Crippen LogP contribution is -2.28. The monoisotopic (exact) mass is 408 g/mol. The standard InChI is InChI=1S/C14H13ClN4S2.2ClH/c15-10-1-2-12-9(5-10)6-19-11(8-21-14(19)18-12)7-20-13-16-3-4-17-13;;/h1-2,5,8H,3-4,6-7H2,(H,16,17);2*1H. The van der Waals surface area contributed by atoms with E-state index in [-0.39, 0.29) is 24.8 Å². The average molecular weight is 410 g/mol. The van der Waals surface area contributed by atoms with E-state index >= 15 is 0 Å². The topological polar surface area (TPSA) is 40.0 Å². The van der Waals surface area contributed by atoms with Gasteiger partial charge in [0.1, 0.15) is 0 Å². The van der Waals surface area contributed by atoms with Crippen molar-refractivity contribution in [3.05, 3.63) is 39.9 Å². The molecular formula is C14H15Cl3N4S2. The number of hydrogen-bond donors (Lipinski definition) is 1. The van der Waals surface area contributed by atoms with Gasteiger partial charge in [-0.1, -0.05) is 35.1 Å². The maximum atomic E-state index is 6.09. The molecule has 0 bridgehead atoms. The van der Waals surface area contributed by atoms with Gasteiger partial charge in [0.25, 0.3) is 0 Å². The van der Waals surface area contributed by atoms with Crippen LogP contribution in [-0.4, -0.2) is 34.1 Å². The minimum absolute atomic E-state index is 0. The summed E-state index contributed by atoms with van der Waals surface area (Å²) in [7, 11) is 0. The first kappa shape index (κ1) is 18.8. The van der Waals surface area contributed by atoms with Crippen molar-refractivity contribution in [2.75, 3.05) is 18.8 Å². The third kappa shape index (κ3) is 3.94. The molecule has 0 atom stereocenters. The summed E-state index contributed by atoms with van der Waals surface area (Å²) in [5.74, 6) is 0.910. The number of thioether (sulfide) groups is 2. The van der Waals surface area contributed by atoms with Crippen LogP contribution in [0.2, 0.25) is 5.02 Å². The lowest BCUT2D eigenvalue weighted by Gasteiger charge is -2.27. The molecule has 4 nitrogen and oxygen atoms in total. The molecule has 0 aromatic heterocycles. The summed E-state index contributed by atoms with van der Waals surface area (Å²) in [6.07, 6.45) is 0. The smallest absolute Gasteiger partial charge is 0.173 e. The number of halogens is 3. The first-order valence-corrected chi connectivity index (χ1v) is 8.95. The van der Waals surface area contributed by atoms with Crippen LogP contribution in [0.1, 0.15) is 5.56 Å². The lowest BCUT2D eigenvalue weighted by atomic mass is 10.1. The number of aliphatic imine (C=N–C) groups is 2. The van der Waals surface area contributed by atoms with Gasteiger partial charge in [0.2, 0.25) is 0 Å². The van der Waals surface area contributed by atoms with Crippen LogP contribution < -0.4 is 5.32 Å². The Labute approximate surface area is 161 Å². The van der Waals surface area contributed by atoms with E-state index in [9.17, 15) is 0 Å². The molecule has 3 heterocycles. The molecular weight excluding hydrogens is 395 g/mol. The van der Waals surface area contributed by atoms with Gasteiger partial charge >= 0.3 is 0 Å². The largest absolute Gasteiger partial charge is 0.363 e. The summed E-state index contributed by atoms with van der Waals surface area (Å²) in [5, 5.41) is 8.35. The Morgan fingerprint density at radius 1 is 1.35 bits per heavy atom. The lowest BCUT2D eigenvalue weighted by molar-refractivity contribution is 0.519. The summed E-state index contributed by atoms with van der Waals surface area (Å²) >= 11 is 9.54. The molecule has 23 heavy (non-hydrogen) atoms. The summed E-state index contributed by atoms with van der Waals surface area (Å²) in [4.78, 5) is 11.4. The molecule has 0 spiro atoms. The molecule has 1 aromatic carbocycles. The van der Waals surface area contributed by atoms with Crippen LogP contribution in [0.3, 0.4) is 0 Å². The Bertz CT molecular complexity index is 691. The van der Waals surface area contributed by atoms with E-state index in [0.29, 0.717) is 0 Å². The average Bonchev–Trinajstić information content (AvgIpc) is 3.12. The zero-order chi connectivity index (χ0) is 14.2. The Balaban J connectivity index is 0.000000960. The second kappa shape index (κ2) is 8.03. The Morgan fingerprint density at radius 3 is 3.00 bits per heavy atom. The van der Waals surface area contributed by atoms with E-state index in [0.717, 1.165) is 46.4 Å². The quantitative estimate of drug-likeness (QED) is 0.792. The van der Waals surface area contributed by atoms with E-state index in [2.05, 4.69) is 20.6 Å². The van der Waals surface area contributed by atoms with E-state index < -0.39 is 0 Å². The highest BCUT2D eigenvalue weighted by Crippen LogP contribution is 2.38. The summed E-state index contributed by atoms with van der Waals surface area (Å²) in [6, 6.07) is 5.90. The van der Waals surface area contributed by atoms with E-state index in [1.807, 2.05) is 18.2 Å². The molecule has 0 radical (unpaired) electrons. The van der Waals surface area contributed by atoms with Gasteiger partial charge in [0.05, 0.1) is 18.8 Å². The second-order valence-electron chi connectivity index (χ2n) is 4.88. The Hall–Kier alpha value is -0.530. The molecule has 1 N–H and O–H groups in total. The molecule has 124 valence electrons. The van der Waals surface area contributed by atoms with Gasteiger partial charge in [-0.3, -0.25) is 4.99 Å². The van der Waals surface area contributed by atoms with Crippen LogP contribution in [0, 0.1) is 0 Å². The van der Waals surface area contributed by atoms with Crippen molar-refractivity contribution in [2.45, 2.75) is 6.54 Å². The van der Waals surface area contributed by atoms with Gasteiger partial charge in [-0.25, -0.2) is 4.99 Å². The fraction of sp³-hybridized carbons (Fsp3) is 0.286. The summed E-state index contributed by atoms with van der Waals surface area (Å²) in [5.41, 5.74) is 3.49. The molecule has 0 saturated carbocycles. The van der Waals surface area contributed by atoms with Gasteiger partial charge in [0.15, 0.2) is 10.3 Å². The first-order valence-electron chi connectivity index (χ1n) is 6.71. The molecule has 0 amide bonds. The van der Waals surface area contributed by atoms with Crippen LogP contribution in [0.5, 0.6) is 0 Å². The van der Waals surface area contributed by atoms with Crippen molar-refractivity contribution >= 4 is 76.0 Å². The number of amidine groups is 2. The van der Waals surface area contributed by atoms with E-state index in [1.165, 1.54) is 11.3 Å². The number of fused-ring (bicyclic) bond motifs is 2. The molecule has 1 aromatic rings. The predicted octanol–water partition coefficient (Wildman–Crippen LogP) is 4.27. The van der Waals surface area contributed by atoms with Crippen molar-refractivity contribution in [3.8, 4) is 0 Å². The molecule has 3 aliphatic rings. The van der Waals surface area contributed by atoms with Crippen molar-refractivity contribution in [2.24, 2.45) is 9.98 Å². The summed E-state index contributed by atoms with van der Waals surface area (Å²) in [6.45, 7) is 2.69. The van der Waals surface area contributed by atoms with Crippen molar-refractivity contribution in [1.29, 1.82) is 0 Å². The number of hydrogen-bond acceptors (Lipinski definition) is 6. The van der Waals surface area contributed by atoms with Gasteiger partial charge in [-0.05, 0) is 29.2 Å². The molecule has 0 aliphatic carbocycles. The van der Waals surface area contributed by atoms with Crippen LogP contribution in [0.4, 0.5) is 5.69 Å². The number of benzene rings is 1. The van der Waals surface area contributed by atoms with Crippen LogP contribution in [0.15, 0.2) is 39.3 Å². The third-order valence-corrected chi connectivity index (χ3v) is 5.60. The fourth-order valence-electron chi connectivity index (χ4n) is 2.42. The van der Waals surface area contributed by atoms with Gasteiger partial charge in [0, 0.05) is 23.0 Å². The minimum atomic E-state index is 0. The van der Waals surface area contributed by atoms with Crippen molar-refractivity contribution < 1.29 is 0 Å². The van der Waals surface area contributed by atoms with Crippen LogP contribution >= 0.6 is 59.9 Å². The molecule has 0 fully saturated rings. The van der Waals surface area contributed by atoms with Gasteiger partial charge < -0.3 is 10.2 Å². The predicted molar refractivity (Wildman–Crippen MR) is 107 cm³/mol. The highest BCUT2D eigenvalue weighted by atomic mass is 35.5. The SMILES string of the molecule is Cl.Cl.Clc1ccc2c(c1)CN1C(CSC3=NCCN3)=CSC1=N2. The second-order valence-corrected chi connectivity index (χ2v) is 7.12. The molecule has 0 unspecified atom stereocenters. The molecule has 3 aliphatic heterocycles. The van der Waals surface area contributed by atoms with Crippen LogP contribution in [0.25, 0.3) is 0 Å². The van der Waals surface area contributed by atoms with E-state index in [4.69, 9.17) is 16.6 Å². The Morgan fingerprint density at radius 2 is 2.22 bits per heavy atom. The van der Waals surface area contributed by atoms with Gasteiger partial charge in [-0.15, -0.1) is 24.8 Å². The fourth-order valence-corrected chi connectivity index (χ4v) is 4.54. The highest BCUT2D eigenvalue weighted by Gasteiger charge is 2.28. The number of rotatable bonds is 2. The first-order chi connectivity index (χ1) is 10.3. The molecule has 4 rings (SSSR count). The zero-order valence-electron chi connectivity index (χ0n) is 12.0. The highest BCUT2D eigenvalue weighted by molar-refractivity contribution is 8.17. The van der Waals surface area contributed by atoms with Crippen molar-refractivity contribution in [1.82, 2.24) is 10.2 Å². The van der Waals surface area contributed by atoms with E-state index in [1.54, 1.807) is 23.5 Å². The number of nitrogens with zero attached hydrogens (tertiary/aromatic N) is 3. The third-order valence-electron chi connectivity index (χ3n) is 3.46. The molecule has 0 saturated heterocycles. The van der Waals surface area contributed by atoms with Gasteiger partial charge in [-0.2, -0.15) is 0 Å². The van der Waals surface area contributed by atoms with Crippen LogP contribution in [-0.2, 0) is 6.54 Å². The summed E-state index contributed by atoms with van der Waals surface area (Å²) < 4.78 is 0. The molecule has 9 heteroatoms. The maximum absolute atomic E-state index is 6.09.